The lowest BCUT2D eigenvalue weighted by Gasteiger charge is -2.27. The van der Waals surface area contributed by atoms with Crippen molar-refractivity contribution in [2.75, 3.05) is 11.9 Å². The maximum absolute atomic E-state index is 12.3. The minimum Gasteiger partial charge on any atom is -0.508 e. The highest BCUT2D eigenvalue weighted by Gasteiger charge is 2.21. The van der Waals surface area contributed by atoms with Crippen LogP contribution in [0.2, 0.25) is 0 Å². The van der Waals surface area contributed by atoms with Crippen LogP contribution in [0.15, 0.2) is 18.2 Å². The van der Waals surface area contributed by atoms with Crippen LogP contribution in [0.4, 0.5) is 0 Å². The summed E-state index contributed by atoms with van der Waals surface area (Å²) >= 11 is 3.33. The molecule has 1 aromatic rings. The van der Waals surface area contributed by atoms with Crippen molar-refractivity contribution in [2.45, 2.75) is 26.3 Å². The summed E-state index contributed by atoms with van der Waals surface area (Å²) in [4.78, 5) is 14.0. The summed E-state index contributed by atoms with van der Waals surface area (Å²) in [5.41, 5.74) is 0.137. The topological polar surface area (TPSA) is 60.8 Å². The molecule has 2 N–H and O–H groups in total. The van der Waals surface area contributed by atoms with Gasteiger partial charge in [-0.25, -0.2) is 0 Å². The lowest BCUT2D eigenvalue weighted by atomic mass is 10.1. The van der Waals surface area contributed by atoms with E-state index < -0.39 is 0 Å². The average molecular weight is 316 g/mol. The third kappa shape index (κ3) is 3.63. The second kappa shape index (κ2) is 6.64. The Morgan fingerprint density at radius 1 is 1.39 bits per heavy atom. The molecule has 4 nitrogen and oxygen atoms in total. The maximum atomic E-state index is 12.3. The van der Waals surface area contributed by atoms with Crippen LogP contribution >= 0.6 is 15.9 Å². The standard InChI is InChI=1S/C13H18BrNO3/c1-9(2)15(7-3-6-14)13(18)11-8-10(16)4-5-12(11)17/h4-5,8-9,16-17H,3,6-7H2,1-2H3. The molecule has 100 valence electrons. The first kappa shape index (κ1) is 14.8. The molecule has 1 rings (SSSR count). The fourth-order valence-electron chi connectivity index (χ4n) is 1.67. The number of aromatic hydroxyl groups is 2. The van der Waals surface area contributed by atoms with E-state index in [2.05, 4.69) is 15.9 Å². The number of nitrogens with zero attached hydrogens (tertiary/aromatic N) is 1. The summed E-state index contributed by atoms with van der Waals surface area (Å²) in [6.07, 6.45) is 0.837. The number of hydrogen-bond donors (Lipinski definition) is 2. The van der Waals surface area contributed by atoms with E-state index in [0.29, 0.717) is 6.54 Å². The smallest absolute Gasteiger partial charge is 0.257 e. The fourth-order valence-corrected chi connectivity index (χ4v) is 1.93. The van der Waals surface area contributed by atoms with Gasteiger partial charge in [-0.2, -0.15) is 0 Å². The molecule has 0 unspecified atom stereocenters. The Kier molecular flexibility index (Phi) is 5.47. The fraction of sp³-hybridized carbons (Fsp3) is 0.462. The van der Waals surface area contributed by atoms with Crippen LogP contribution in [-0.4, -0.2) is 38.9 Å². The van der Waals surface area contributed by atoms with E-state index in [1.807, 2.05) is 13.8 Å². The van der Waals surface area contributed by atoms with Gasteiger partial charge in [-0.15, -0.1) is 0 Å². The van der Waals surface area contributed by atoms with Crippen molar-refractivity contribution in [2.24, 2.45) is 0 Å². The number of amides is 1. The third-order valence-corrected chi connectivity index (χ3v) is 3.19. The van der Waals surface area contributed by atoms with Gasteiger partial charge in [0.1, 0.15) is 11.5 Å². The Morgan fingerprint density at radius 3 is 2.61 bits per heavy atom. The van der Waals surface area contributed by atoms with E-state index in [-0.39, 0.29) is 29.0 Å². The third-order valence-electron chi connectivity index (χ3n) is 2.63. The second-order valence-corrected chi connectivity index (χ2v) is 5.13. The van der Waals surface area contributed by atoms with Gasteiger partial charge in [0.15, 0.2) is 0 Å². The molecule has 0 heterocycles. The van der Waals surface area contributed by atoms with E-state index in [1.54, 1.807) is 4.90 Å². The summed E-state index contributed by atoms with van der Waals surface area (Å²) in [7, 11) is 0. The van der Waals surface area contributed by atoms with Gasteiger partial charge in [-0.1, -0.05) is 15.9 Å². The van der Waals surface area contributed by atoms with Gasteiger partial charge in [0.25, 0.3) is 5.91 Å². The van der Waals surface area contributed by atoms with Crippen molar-refractivity contribution in [1.82, 2.24) is 4.90 Å². The zero-order chi connectivity index (χ0) is 13.7. The highest BCUT2D eigenvalue weighted by atomic mass is 79.9. The molecular formula is C13H18BrNO3. The zero-order valence-corrected chi connectivity index (χ0v) is 12.1. The number of rotatable bonds is 5. The molecule has 0 saturated carbocycles. The number of carbonyl (C=O) groups is 1. The van der Waals surface area contributed by atoms with Crippen LogP contribution in [0.25, 0.3) is 0 Å². The quantitative estimate of drug-likeness (QED) is 0.648. The highest BCUT2D eigenvalue weighted by molar-refractivity contribution is 9.09. The van der Waals surface area contributed by atoms with Crippen LogP contribution in [0, 0.1) is 0 Å². The van der Waals surface area contributed by atoms with Gasteiger partial charge in [-0.3, -0.25) is 4.79 Å². The number of alkyl halides is 1. The van der Waals surface area contributed by atoms with E-state index >= 15 is 0 Å². The molecule has 0 spiro atoms. The Bertz CT molecular complexity index is 421. The predicted octanol–water partition coefficient (Wildman–Crippen LogP) is 2.73. The summed E-state index contributed by atoms with van der Waals surface area (Å²) in [6, 6.07) is 4.01. The molecule has 0 aliphatic rings. The molecule has 5 heteroatoms. The van der Waals surface area contributed by atoms with Crippen molar-refractivity contribution >= 4 is 21.8 Å². The Morgan fingerprint density at radius 2 is 2.06 bits per heavy atom. The number of benzene rings is 1. The number of phenolic OH excluding ortho intramolecular Hbond substituents is 2. The molecule has 0 aliphatic heterocycles. The zero-order valence-electron chi connectivity index (χ0n) is 10.6. The van der Waals surface area contributed by atoms with Gasteiger partial charge in [0.05, 0.1) is 5.56 Å². The van der Waals surface area contributed by atoms with Crippen LogP contribution in [0.5, 0.6) is 11.5 Å². The molecule has 1 amide bonds. The Hall–Kier alpha value is -1.23. The van der Waals surface area contributed by atoms with Crippen LogP contribution < -0.4 is 0 Å². The monoisotopic (exact) mass is 315 g/mol. The molecule has 18 heavy (non-hydrogen) atoms. The summed E-state index contributed by atoms with van der Waals surface area (Å²) in [5, 5.41) is 19.9. The number of carbonyl (C=O) groups excluding carboxylic acids is 1. The predicted molar refractivity (Wildman–Crippen MR) is 74.4 cm³/mol. The van der Waals surface area contributed by atoms with Crippen LogP contribution in [-0.2, 0) is 0 Å². The Labute approximate surface area is 115 Å². The first-order chi connectivity index (χ1) is 8.47. The van der Waals surface area contributed by atoms with E-state index in [1.165, 1.54) is 18.2 Å². The molecule has 0 bridgehead atoms. The number of hydrogen-bond acceptors (Lipinski definition) is 3. The normalized spacial score (nSPS) is 10.7. The van der Waals surface area contributed by atoms with Gasteiger partial charge < -0.3 is 15.1 Å². The molecule has 0 fully saturated rings. The molecule has 0 radical (unpaired) electrons. The lowest BCUT2D eigenvalue weighted by Crippen LogP contribution is -2.37. The molecular weight excluding hydrogens is 298 g/mol. The average Bonchev–Trinajstić information content (AvgIpc) is 2.32. The van der Waals surface area contributed by atoms with Crippen LogP contribution in [0.3, 0.4) is 0 Å². The van der Waals surface area contributed by atoms with E-state index in [4.69, 9.17) is 0 Å². The summed E-state index contributed by atoms with van der Waals surface area (Å²) in [6.45, 7) is 4.45. The van der Waals surface area contributed by atoms with Gasteiger partial charge in [-0.05, 0) is 38.5 Å². The van der Waals surface area contributed by atoms with Crippen molar-refractivity contribution in [3.05, 3.63) is 23.8 Å². The SMILES string of the molecule is CC(C)N(CCCBr)C(=O)c1cc(O)ccc1O. The second-order valence-electron chi connectivity index (χ2n) is 4.34. The maximum Gasteiger partial charge on any atom is 0.257 e. The highest BCUT2D eigenvalue weighted by Crippen LogP contribution is 2.24. The molecule has 0 atom stereocenters. The van der Waals surface area contributed by atoms with Gasteiger partial charge in [0.2, 0.25) is 0 Å². The largest absolute Gasteiger partial charge is 0.508 e. The molecule has 0 saturated heterocycles. The minimum atomic E-state index is -0.264. The van der Waals surface area contributed by atoms with Gasteiger partial charge in [0, 0.05) is 17.9 Å². The number of phenols is 2. The van der Waals surface area contributed by atoms with E-state index in [0.717, 1.165) is 11.8 Å². The van der Waals surface area contributed by atoms with Crippen molar-refractivity contribution in [3.8, 4) is 11.5 Å². The van der Waals surface area contributed by atoms with Crippen LogP contribution in [0.1, 0.15) is 30.6 Å². The first-order valence-electron chi connectivity index (χ1n) is 5.86. The van der Waals surface area contributed by atoms with E-state index in [9.17, 15) is 15.0 Å². The Balaban J connectivity index is 2.98. The minimum absolute atomic E-state index is 0.0275. The van der Waals surface area contributed by atoms with Crippen molar-refractivity contribution in [1.29, 1.82) is 0 Å². The molecule has 0 aliphatic carbocycles. The number of halogens is 1. The first-order valence-corrected chi connectivity index (χ1v) is 6.98. The van der Waals surface area contributed by atoms with Crippen molar-refractivity contribution in [3.63, 3.8) is 0 Å². The van der Waals surface area contributed by atoms with Crippen molar-refractivity contribution < 1.29 is 15.0 Å². The van der Waals surface area contributed by atoms with Gasteiger partial charge >= 0.3 is 0 Å². The molecule has 1 aromatic carbocycles. The summed E-state index contributed by atoms with van der Waals surface area (Å²) in [5.74, 6) is -0.401. The summed E-state index contributed by atoms with van der Waals surface area (Å²) < 4.78 is 0. The lowest BCUT2D eigenvalue weighted by molar-refractivity contribution is 0.0703. The molecule has 0 aromatic heterocycles.